The first-order valence-electron chi connectivity index (χ1n) is 14.3. The Kier molecular flexibility index (Phi) is 14.7. The van der Waals surface area contributed by atoms with E-state index >= 15 is 0 Å². The summed E-state index contributed by atoms with van der Waals surface area (Å²) >= 11 is 1.64. The van der Waals surface area contributed by atoms with Gasteiger partial charge in [0, 0.05) is 0 Å². The Morgan fingerprint density at radius 3 is 1.24 bits per heavy atom. The maximum absolute atomic E-state index is 2.29. The molecule has 4 heteroatoms. The molecule has 0 aliphatic heterocycles. The molecule has 0 aromatic heterocycles. The maximum atomic E-state index is 2.29. The van der Waals surface area contributed by atoms with Gasteiger partial charge in [0.25, 0.3) is 0 Å². The third-order valence-corrected chi connectivity index (χ3v) is 13.6. The van der Waals surface area contributed by atoms with E-state index in [0.717, 1.165) is 12.8 Å². The van der Waals surface area contributed by atoms with Crippen LogP contribution in [0, 0.1) is 27.7 Å². The van der Waals surface area contributed by atoms with Gasteiger partial charge in [0.05, 0.1) is 0 Å². The molecule has 0 heterocycles. The van der Waals surface area contributed by atoms with Crippen molar-refractivity contribution < 1.29 is 48.1 Å². The Labute approximate surface area is 280 Å². The summed E-state index contributed by atoms with van der Waals surface area (Å²) in [7, 11) is 0. The van der Waals surface area contributed by atoms with E-state index in [0.29, 0.717) is 0 Å². The molecular formula is C38H40Cl2SiZr-2. The summed E-state index contributed by atoms with van der Waals surface area (Å²) in [6.07, 6.45) is 2.25. The minimum atomic E-state index is -0.455. The fraction of sp³-hybridized carbons (Fsp3) is 0.211. The molecule has 0 aliphatic rings. The second-order valence-electron chi connectivity index (χ2n) is 10.6. The van der Waals surface area contributed by atoms with Gasteiger partial charge in [0.15, 0.2) is 0 Å². The Morgan fingerprint density at radius 2 is 0.905 bits per heavy atom. The summed E-state index contributed by atoms with van der Waals surface area (Å²) in [6.45, 7) is 13.1. The third-order valence-electron chi connectivity index (χ3n) is 7.57. The predicted octanol–water partition coefficient (Wildman–Crippen LogP) is 2.82. The zero-order chi connectivity index (χ0) is 28.6. The molecule has 42 heavy (non-hydrogen) atoms. The van der Waals surface area contributed by atoms with Gasteiger partial charge in [-0.2, -0.15) is 12.1 Å². The second kappa shape index (κ2) is 17.2. The van der Waals surface area contributed by atoms with Crippen LogP contribution in [-0.4, -0.2) is 5.43 Å². The molecule has 0 nitrogen and oxygen atoms in total. The van der Waals surface area contributed by atoms with Gasteiger partial charge in [0.1, 0.15) is 0 Å². The van der Waals surface area contributed by atoms with Crippen LogP contribution in [0.4, 0.5) is 0 Å². The summed E-state index contributed by atoms with van der Waals surface area (Å²) < 4.78 is 0. The zero-order valence-electron chi connectivity index (χ0n) is 25.6. The van der Waals surface area contributed by atoms with E-state index in [2.05, 4.69) is 151 Å². The molecule has 0 radical (unpaired) electrons. The molecule has 0 bridgehead atoms. The summed E-state index contributed by atoms with van der Waals surface area (Å²) in [5.41, 5.74) is 8.00. The van der Waals surface area contributed by atoms with Crippen molar-refractivity contribution in [2.45, 2.75) is 54.4 Å². The number of aryl methyl sites for hydroxylation is 6. The van der Waals surface area contributed by atoms with Gasteiger partial charge >= 0.3 is 99.8 Å². The normalized spacial score (nSPS) is 10.1. The van der Waals surface area contributed by atoms with Crippen molar-refractivity contribution in [1.29, 1.82) is 0 Å². The molecule has 0 saturated heterocycles. The van der Waals surface area contributed by atoms with E-state index < -0.39 is 5.43 Å². The topological polar surface area (TPSA) is 0 Å². The van der Waals surface area contributed by atoms with Gasteiger partial charge in [-0.1, -0.05) is 64.8 Å². The molecule has 0 amide bonds. The first kappa shape index (κ1) is 36.0. The van der Waals surface area contributed by atoms with E-state index in [1.165, 1.54) is 65.3 Å². The third kappa shape index (κ3) is 8.90. The summed E-state index contributed by atoms with van der Waals surface area (Å²) in [6, 6.07) is 39.8. The van der Waals surface area contributed by atoms with Gasteiger partial charge in [-0.25, -0.2) is 0 Å². The SMILES string of the molecule is CCc1ccc(C)c2[cH-]c(C)cc12.CCc1ccc(C)c2[cH-]c(C)cc12.[Cl-].[Cl-].[Zr+2]=[Si](c1ccccc1)c1ccccc1. The Morgan fingerprint density at radius 1 is 0.548 bits per heavy atom. The van der Waals surface area contributed by atoms with E-state index in [4.69, 9.17) is 0 Å². The minimum absolute atomic E-state index is 0. The number of hydrogen-bond acceptors (Lipinski definition) is 0. The number of halogens is 2. The van der Waals surface area contributed by atoms with Crippen LogP contribution in [0.25, 0.3) is 21.5 Å². The molecule has 6 rings (SSSR count). The molecule has 0 saturated carbocycles. The molecule has 216 valence electrons. The Bertz CT molecular complexity index is 1590. The van der Waals surface area contributed by atoms with Crippen molar-refractivity contribution in [3.8, 4) is 0 Å². The van der Waals surface area contributed by atoms with Crippen molar-refractivity contribution in [1.82, 2.24) is 0 Å². The van der Waals surface area contributed by atoms with Crippen LogP contribution in [0.15, 0.2) is 109 Å². The fourth-order valence-corrected chi connectivity index (χ4v) is 9.14. The van der Waals surface area contributed by atoms with Crippen LogP contribution in [0.5, 0.6) is 0 Å². The van der Waals surface area contributed by atoms with E-state index in [1.807, 2.05) is 0 Å². The average Bonchev–Trinajstić information content (AvgIpc) is 3.58. The van der Waals surface area contributed by atoms with Crippen molar-refractivity contribution in [2.24, 2.45) is 0 Å². The van der Waals surface area contributed by atoms with Crippen LogP contribution in [-0.2, 0) is 36.2 Å². The monoisotopic (exact) mass is 684 g/mol. The number of benzene rings is 4. The molecule has 0 aliphatic carbocycles. The van der Waals surface area contributed by atoms with E-state index in [1.54, 1.807) is 23.3 Å². The average molecular weight is 687 g/mol. The van der Waals surface area contributed by atoms with E-state index in [-0.39, 0.29) is 24.8 Å². The standard InChI is InChI=1S/2C13H15.C12H10Si.2ClH.Zr/c2*1-4-11-6-5-10(3)12-7-9(2)8-13(11)12;1-3-7-11(8-4-1)13-12-9-5-2-6-10-12;;;/h2*5-8H,4H2,1-3H3;1-10H;2*1H;/q2*-1;;;;+2/p-2. The molecular weight excluding hydrogens is 647 g/mol. The fourth-order valence-electron chi connectivity index (χ4n) is 5.29. The number of hydrogen-bond donors (Lipinski definition) is 0. The van der Waals surface area contributed by atoms with Gasteiger partial charge < -0.3 is 24.8 Å². The molecule has 0 fully saturated rings. The van der Waals surface area contributed by atoms with Crippen molar-refractivity contribution >= 4 is 37.4 Å². The van der Waals surface area contributed by atoms with Crippen molar-refractivity contribution in [2.75, 3.05) is 0 Å². The summed E-state index contributed by atoms with van der Waals surface area (Å²) in [4.78, 5) is 0. The van der Waals surface area contributed by atoms with Crippen LogP contribution in [0.2, 0.25) is 0 Å². The van der Waals surface area contributed by atoms with Crippen molar-refractivity contribution in [3.05, 3.63) is 143 Å². The van der Waals surface area contributed by atoms with Crippen molar-refractivity contribution in [3.63, 3.8) is 0 Å². The summed E-state index contributed by atoms with van der Waals surface area (Å²) in [5.74, 6) is 0. The molecule has 6 aromatic rings. The number of fused-ring (bicyclic) bond motifs is 2. The molecule has 0 N–H and O–H groups in total. The Hall–Kier alpha value is -2.22. The van der Waals surface area contributed by atoms with E-state index in [9.17, 15) is 0 Å². The van der Waals surface area contributed by atoms with Gasteiger partial charge in [0.2, 0.25) is 0 Å². The first-order chi connectivity index (χ1) is 19.3. The Balaban J connectivity index is 0.000000215. The zero-order valence-corrected chi connectivity index (χ0v) is 30.5. The first-order valence-corrected chi connectivity index (χ1v) is 19.5. The molecule has 0 atom stereocenters. The molecule has 0 spiro atoms. The van der Waals surface area contributed by atoms with Gasteiger partial charge in [-0.15, -0.1) is 68.1 Å². The molecule has 6 aromatic carbocycles. The quantitative estimate of drug-likeness (QED) is 0.198. The van der Waals surface area contributed by atoms with Crippen LogP contribution in [0.3, 0.4) is 0 Å². The van der Waals surface area contributed by atoms with Gasteiger partial charge in [-0.3, -0.25) is 0 Å². The summed E-state index contributed by atoms with van der Waals surface area (Å²) in [5, 5.41) is 8.78. The predicted molar refractivity (Wildman–Crippen MR) is 175 cm³/mol. The number of rotatable bonds is 4. The second-order valence-corrected chi connectivity index (χ2v) is 16.2. The van der Waals surface area contributed by atoms with Crippen LogP contribution < -0.4 is 35.2 Å². The van der Waals surface area contributed by atoms with Crippen LogP contribution >= 0.6 is 0 Å². The molecule has 0 unspecified atom stereocenters. The van der Waals surface area contributed by atoms with Crippen LogP contribution in [0.1, 0.15) is 47.2 Å². The van der Waals surface area contributed by atoms with Gasteiger partial charge in [-0.05, 0) is 12.8 Å².